The molecule has 8 nitrogen and oxygen atoms in total. The number of hydrogen-bond acceptors (Lipinski definition) is 8. The molecule has 158 valence electrons. The van der Waals surface area contributed by atoms with Crippen LogP contribution in [0.15, 0.2) is 70.0 Å². The maximum Gasteiger partial charge on any atom is 0.243 e. The zero-order valence-corrected chi connectivity index (χ0v) is 18.1. The van der Waals surface area contributed by atoms with E-state index in [9.17, 15) is 13.7 Å². The number of anilines is 1. The Hall–Kier alpha value is -3.10. The molecule has 0 atom stereocenters. The molecule has 0 spiro atoms. The lowest BCUT2D eigenvalue weighted by atomic mass is 10.2. The van der Waals surface area contributed by atoms with E-state index >= 15 is 0 Å². The number of benzene rings is 2. The van der Waals surface area contributed by atoms with E-state index in [0.717, 1.165) is 11.3 Å². The van der Waals surface area contributed by atoms with Crippen molar-refractivity contribution in [3.05, 3.63) is 65.0 Å². The van der Waals surface area contributed by atoms with Crippen LogP contribution in [0.1, 0.15) is 5.01 Å². The number of thiazole rings is 1. The third-order valence-corrected chi connectivity index (χ3v) is 7.40. The van der Waals surface area contributed by atoms with Crippen LogP contribution in [0.4, 0.5) is 5.69 Å². The molecule has 10 heteroatoms. The molecule has 0 unspecified atom stereocenters. The molecule has 0 saturated carbocycles. The topological polar surface area (TPSA) is 108 Å². The zero-order chi connectivity index (χ0) is 21.7. The highest BCUT2D eigenvalue weighted by molar-refractivity contribution is 7.89. The van der Waals surface area contributed by atoms with Crippen molar-refractivity contribution in [2.24, 2.45) is 5.10 Å². The van der Waals surface area contributed by atoms with E-state index in [0.29, 0.717) is 37.0 Å². The summed E-state index contributed by atoms with van der Waals surface area (Å²) in [7, 11) is -3.55. The Balaban J connectivity index is 1.47. The first kappa shape index (κ1) is 21.1. The van der Waals surface area contributed by atoms with Crippen LogP contribution in [0, 0.1) is 11.3 Å². The molecular weight excluding hydrogens is 434 g/mol. The molecule has 0 aliphatic carbocycles. The van der Waals surface area contributed by atoms with Crippen LogP contribution in [0.2, 0.25) is 0 Å². The van der Waals surface area contributed by atoms with Gasteiger partial charge in [-0.25, -0.2) is 13.4 Å². The Kier molecular flexibility index (Phi) is 6.39. The Morgan fingerprint density at radius 1 is 1.13 bits per heavy atom. The summed E-state index contributed by atoms with van der Waals surface area (Å²) in [5.74, 6) is 0. The number of nitriles is 1. The summed E-state index contributed by atoms with van der Waals surface area (Å²) in [5.41, 5.74) is 5.26. The molecule has 1 aliphatic heterocycles. The van der Waals surface area contributed by atoms with E-state index in [1.165, 1.54) is 27.8 Å². The lowest BCUT2D eigenvalue weighted by Gasteiger charge is -2.26. The minimum atomic E-state index is -3.55. The molecule has 1 N–H and O–H groups in total. The van der Waals surface area contributed by atoms with Crippen LogP contribution >= 0.6 is 11.3 Å². The number of aromatic nitrogens is 1. The fourth-order valence-electron chi connectivity index (χ4n) is 3.00. The minimum absolute atomic E-state index is 0.150. The van der Waals surface area contributed by atoms with Gasteiger partial charge in [0.15, 0.2) is 10.7 Å². The van der Waals surface area contributed by atoms with Crippen molar-refractivity contribution in [1.82, 2.24) is 9.29 Å². The summed E-state index contributed by atoms with van der Waals surface area (Å²) in [4.78, 5) is 4.70. The second-order valence-corrected chi connectivity index (χ2v) is 9.42. The minimum Gasteiger partial charge on any atom is -0.379 e. The van der Waals surface area contributed by atoms with E-state index in [-0.39, 0.29) is 10.6 Å². The average molecular weight is 454 g/mol. The van der Waals surface area contributed by atoms with Gasteiger partial charge in [-0.3, -0.25) is 5.43 Å². The average Bonchev–Trinajstić information content (AvgIpc) is 3.31. The molecule has 31 heavy (non-hydrogen) atoms. The van der Waals surface area contributed by atoms with Gasteiger partial charge in [0.05, 0.1) is 29.5 Å². The molecule has 2 heterocycles. The zero-order valence-electron chi connectivity index (χ0n) is 16.4. The van der Waals surface area contributed by atoms with Crippen LogP contribution in [0.25, 0.3) is 11.3 Å². The van der Waals surface area contributed by atoms with Crippen LogP contribution in [0.3, 0.4) is 0 Å². The smallest absolute Gasteiger partial charge is 0.243 e. The van der Waals surface area contributed by atoms with Crippen LogP contribution in [-0.4, -0.2) is 49.7 Å². The molecule has 0 amide bonds. The summed E-state index contributed by atoms with van der Waals surface area (Å²) < 4.78 is 32.0. The molecule has 3 aromatic rings. The van der Waals surface area contributed by atoms with Gasteiger partial charge >= 0.3 is 0 Å². The SMILES string of the molecule is N#C/C(=N\Nc1ccc(S(=O)(=O)N2CCOCC2)cc1)c1nc(-c2ccccc2)cs1. The van der Waals surface area contributed by atoms with Crippen molar-refractivity contribution in [3.8, 4) is 17.3 Å². The highest BCUT2D eigenvalue weighted by atomic mass is 32.2. The van der Waals surface area contributed by atoms with Crippen molar-refractivity contribution in [3.63, 3.8) is 0 Å². The summed E-state index contributed by atoms with van der Waals surface area (Å²) in [5, 5.41) is 16.0. The van der Waals surface area contributed by atoms with Crippen molar-refractivity contribution >= 4 is 32.8 Å². The van der Waals surface area contributed by atoms with Gasteiger partial charge in [0.1, 0.15) is 6.07 Å². The predicted octanol–water partition coefficient (Wildman–Crippen LogP) is 3.17. The van der Waals surface area contributed by atoms with Gasteiger partial charge < -0.3 is 4.74 Å². The van der Waals surface area contributed by atoms with Crippen LogP contribution < -0.4 is 5.43 Å². The molecule has 1 aliphatic rings. The van der Waals surface area contributed by atoms with Gasteiger partial charge in [0, 0.05) is 24.0 Å². The van der Waals surface area contributed by atoms with Gasteiger partial charge in [-0.1, -0.05) is 30.3 Å². The number of hydrazone groups is 1. The molecular formula is C21H19N5O3S2. The lowest BCUT2D eigenvalue weighted by molar-refractivity contribution is 0.0730. The molecule has 1 aromatic heterocycles. The molecule has 0 radical (unpaired) electrons. The normalized spacial score (nSPS) is 15.4. The highest BCUT2D eigenvalue weighted by Crippen LogP contribution is 2.23. The number of nitrogens with one attached hydrogen (secondary N) is 1. The first-order chi connectivity index (χ1) is 15.1. The standard InChI is InChI=1S/C21H19N5O3S2/c22-14-19(21-23-20(15-30-21)16-4-2-1-3-5-16)25-24-17-6-8-18(9-7-17)31(27,28)26-10-12-29-13-11-26/h1-9,15,24H,10-13H2/b25-19+. The summed E-state index contributed by atoms with van der Waals surface area (Å²) in [6.07, 6.45) is 0. The maximum absolute atomic E-state index is 12.7. The molecule has 2 aromatic carbocycles. The Labute approximate surface area is 184 Å². The van der Waals surface area contributed by atoms with Crippen LogP contribution in [-0.2, 0) is 14.8 Å². The number of ether oxygens (including phenoxy) is 1. The molecule has 4 rings (SSSR count). The Morgan fingerprint density at radius 2 is 1.84 bits per heavy atom. The fraction of sp³-hybridized carbons (Fsp3) is 0.190. The third kappa shape index (κ3) is 4.81. The second-order valence-electron chi connectivity index (χ2n) is 6.63. The summed E-state index contributed by atoms with van der Waals surface area (Å²) in [6.45, 7) is 1.48. The van der Waals surface area contributed by atoms with Crippen molar-refractivity contribution in [1.29, 1.82) is 5.26 Å². The lowest BCUT2D eigenvalue weighted by Crippen LogP contribution is -2.40. The van der Waals surface area contributed by atoms with Gasteiger partial charge in [-0.15, -0.1) is 11.3 Å². The number of sulfonamides is 1. The van der Waals surface area contributed by atoms with Gasteiger partial charge in [0.25, 0.3) is 0 Å². The number of hydrogen-bond donors (Lipinski definition) is 1. The Bertz CT molecular complexity index is 1210. The summed E-state index contributed by atoms with van der Waals surface area (Å²) in [6, 6.07) is 18.0. The van der Waals surface area contributed by atoms with Crippen molar-refractivity contribution in [2.45, 2.75) is 4.90 Å². The van der Waals surface area contributed by atoms with Crippen LogP contribution in [0.5, 0.6) is 0 Å². The summed E-state index contributed by atoms with van der Waals surface area (Å²) >= 11 is 1.33. The van der Waals surface area contributed by atoms with E-state index in [4.69, 9.17) is 4.74 Å². The maximum atomic E-state index is 12.7. The Morgan fingerprint density at radius 3 is 2.52 bits per heavy atom. The molecule has 1 saturated heterocycles. The second kappa shape index (κ2) is 9.36. The van der Waals surface area contributed by atoms with E-state index in [1.54, 1.807) is 12.1 Å². The largest absolute Gasteiger partial charge is 0.379 e. The van der Waals surface area contributed by atoms with Crippen molar-refractivity contribution in [2.75, 3.05) is 31.7 Å². The number of morpholine rings is 1. The van der Waals surface area contributed by atoms with Gasteiger partial charge in [-0.2, -0.15) is 14.7 Å². The van der Waals surface area contributed by atoms with Crippen molar-refractivity contribution < 1.29 is 13.2 Å². The predicted molar refractivity (Wildman–Crippen MR) is 119 cm³/mol. The van der Waals surface area contributed by atoms with Gasteiger partial charge in [0.2, 0.25) is 10.0 Å². The molecule has 0 bridgehead atoms. The quantitative estimate of drug-likeness (QED) is 0.454. The van der Waals surface area contributed by atoms with Gasteiger partial charge in [-0.05, 0) is 24.3 Å². The number of nitrogens with zero attached hydrogens (tertiary/aromatic N) is 4. The number of rotatable bonds is 6. The van der Waals surface area contributed by atoms with E-state index in [1.807, 2.05) is 35.7 Å². The fourth-order valence-corrected chi connectivity index (χ4v) is 5.18. The van der Waals surface area contributed by atoms with E-state index in [2.05, 4.69) is 21.6 Å². The van der Waals surface area contributed by atoms with E-state index < -0.39 is 10.0 Å². The highest BCUT2D eigenvalue weighted by Gasteiger charge is 2.26. The third-order valence-electron chi connectivity index (χ3n) is 4.64. The molecule has 1 fully saturated rings. The first-order valence-electron chi connectivity index (χ1n) is 9.51. The monoisotopic (exact) mass is 453 g/mol. The first-order valence-corrected chi connectivity index (χ1v) is 11.8.